The van der Waals surface area contributed by atoms with Crippen LogP contribution in [0.5, 0.6) is 0 Å². The van der Waals surface area contributed by atoms with Gasteiger partial charge >= 0.3 is 11.9 Å². The number of unbranched alkanes of at least 4 members (excludes halogenated alkanes) is 1. The van der Waals surface area contributed by atoms with Crippen LogP contribution in [0.25, 0.3) is 0 Å². The number of carboxylic acids is 2. The first kappa shape index (κ1) is 32.5. The third-order valence-corrected chi connectivity index (χ3v) is 5.12. The molecule has 4 atom stereocenters. The van der Waals surface area contributed by atoms with Crippen LogP contribution in [0.1, 0.15) is 52.4 Å². The molecule has 0 aliphatic rings. The van der Waals surface area contributed by atoms with E-state index in [1.165, 1.54) is 0 Å². The van der Waals surface area contributed by atoms with Crippen molar-refractivity contribution in [1.29, 1.82) is 0 Å². The van der Waals surface area contributed by atoms with Crippen molar-refractivity contribution in [3.63, 3.8) is 0 Å². The lowest BCUT2D eigenvalue weighted by molar-refractivity contribution is -0.147. The Morgan fingerprint density at radius 2 is 1.44 bits per heavy atom. The van der Waals surface area contributed by atoms with Crippen molar-refractivity contribution in [2.75, 3.05) is 13.1 Å². The maximum atomic E-state index is 13.0. The van der Waals surface area contributed by atoms with E-state index in [-0.39, 0.29) is 25.3 Å². The molecule has 0 aromatic carbocycles. The number of aliphatic imine (C=N–C) groups is 1. The van der Waals surface area contributed by atoms with Crippen LogP contribution in [0.2, 0.25) is 0 Å². The van der Waals surface area contributed by atoms with Gasteiger partial charge in [0.15, 0.2) is 5.96 Å². The molecule has 0 aliphatic heterocycles. The molecule has 0 bridgehead atoms. The number of rotatable bonds is 18. The number of carbonyl (C=O) groups is 5. The van der Waals surface area contributed by atoms with E-state index in [2.05, 4.69) is 20.9 Å². The van der Waals surface area contributed by atoms with E-state index in [0.29, 0.717) is 25.8 Å². The third kappa shape index (κ3) is 13.4. The first-order valence-electron chi connectivity index (χ1n) is 11.7. The minimum Gasteiger partial charge on any atom is -0.481 e. The molecule has 3 amide bonds. The number of carbonyl (C=O) groups excluding carboxylic acids is 3. The van der Waals surface area contributed by atoms with Crippen LogP contribution in [0.4, 0.5) is 0 Å². The molecule has 15 nitrogen and oxygen atoms in total. The number of carboxylic acid groups (broad SMARTS) is 2. The fourth-order valence-corrected chi connectivity index (χ4v) is 3.12. The lowest BCUT2D eigenvalue weighted by atomic mass is 10.0. The van der Waals surface area contributed by atoms with Crippen molar-refractivity contribution in [3.05, 3.63) is 0 Å². The van der Waals surface area contributed by atoms with Gasteiger partial charge in [0.1, 0.15) is 18.1 Å². The molecule has 0 saturated heterocycles. The van der Waals surface area contributed by atoms with E-state index in [1.54, 1.807) is 13.8 Å². The highest BCUT2D eigenvalue weighted by atomic mass is 16.4. The summed E-state index contributed by atoms with van der Waals surface area (Å²) in [5.74, 6) is -5.61. The molecule has 0 aromatic heterocycles. The third-order valence-electron chi connectivity index (χ3n) is 5.12. The zero-order valence-corrected chi connectivity index (χ0v) is 20.7. The molecular weight excluding hydrogens is 476 g/mol. The van der Waals surface area contributed by atoms with Crippen LogP contribution in [0.15, 0.2) is 4.99 Å². The molecule has 0 aliphatic carbocycles. The maximum Gasteiger partial charge on any atom is 0.326 e. The standard InChI is InChI=1S/C21H40N8O7/c1-11(2)16(19(34)28-14(20(35)36)10-15(30)31)29-18(33)13(7-3-4-8-22)27-17(32)12(23)6-5-9-26-21(24)25/h11-14,16H,3-10,22-23H2,1-2H3,(H,27,32)(H,28,34)(H,29,33)(H,30,31)(H,35,36)(H4,24,25,26). The summed E-state index contributed by atoms with van der Waals surface area (Å²) in [5, 5.41) is 25.3. The van der Waals surface area contributed by atoms with Crippen LogP contribution in [0.3, 0.4) is 0 Å². The average Bonchev–Trinajstić information content (AvgIpc) is 2.77. The van der Waals surface area contributed by atoms with Crippen molar-refractivity contribution in [2.45, 2.75) is 76.5 Å². The highest BCUT2D eigenvalue weighted by Crippen LogP contribution is 2.08. The number of guanidine groups is 1. The SMILES string of the molecule is CC(C)C(NC(=O)C(CCCCN)NC(=O)C(N)CCCN=C(N)N)C(=O)NC(CC(=O)O)C(=O)O. The topological polar surface area (TPSA) is 278 Å². The predicted octanol–water partition coefficient (Wildman–Crippen LogP) is -2.83. The van der Waals surface area contributed by atoms with Crippen molar-refractivity contribution in [3.8, 4) is 0 Å². The Labute approximate surface area is 209 Å². The quantitative estimate of drug-likeness (QED) is 0.0508. The molecular formula is C21H40N8O7. The van der Waals surface area contributed by atoms with E-state index in [1.807, 2.05) is 0 Å². The van der Waals surface area contributed by atoms with Gasteiger partial charge in [-0.05, 0) is 44.6 Å². The Bertz CT molecular complexity index is 786. The second kappa shape index (κ2) is 17.0. The van der Waals surface area contributed by atoms with E-state index in [4.69, 9.17) is 28.0 Å². The minimum absolute atomic E-state index is 0.0777. The highest BCUT2D eigenvalue weighted by Gasteiger charge is 2.32. The molecule has 0 radical (unpaired) electrons. The van der Waals surface area contributed by atoms with Gasteiger partial charge in [-0.3, -0.25) is 24.2 Å². The first-order valence-corrected chi connectivity index (χ1v) is 11.7. The van der Waals surface area contributed by atoms with Gasteiger partial charge in [-0.1, -0.05) is 13.8 Å². The summed E-state index contributed by atoms with van der Waals surface area (Å²) in [6.45, 7) is 3.90. The van der Waals surface area contributed by atoms with Gasteiger partial charge in [-0.2, -0.15) is 0 Å². The highest BCUT2D eigenvalue weighted by molar-refractivity contribution is 5.94. The van der Waals surface area contributed by atoms with E-state index in [0.717, 1.165) is 0 Å². The van der Waals surface area contributed by atoms with Crippen molar-refractivity contribution < 1.29 is 34.2 Å². The summed E-state index contributed by atoms with van der Waals surface area (Å²) in [4.78, 5) is 64.3. The maximum absolute atomic E-state index is 13.0. The van der Waals surface area contributed by atoms with Crippen molar-refractivity contribution in [1.82, 2.24) is 16.0 Å². The minimum atomic E-state index is -1.68. The molecule has 206 valence electrons. The fraction of sp³-hybridized carbons (Fsp3) is 0.714. The van der Waals surface area contributed by atoms with E-state index in [9.17, 15) is 29.1 Å². The number of nitrogens with zero attached hydrogens (tertiary/aromatic N) is 1. The molecule has 0 spiro atoms. The van der Waals surface area contributed by atoms with Crippen LogP contribution in [-0.2, 0) is 24.0 Å². The van der Waals surface area contributed by atoms with Gasteiger partial charge in [0.05, 0.1) is 12.5 Å². The van der Waals surface area contributed by atoms with Gasteiger partial charge in [-0.15, -0.1) is 0 Å². The largest absolute Gasteiger partial charge is 0.481 e. The van der Waals surface area contributed by atoms with Crippen LogP contribution in [-0.4, -0.2) is 83.1 Å². The van der Waals surface area contributed by atoms with Gasteiger partial charge in [0, 0.05) is 6.54 Å². The zero-order valence-electron chi connectivity index (χ0n) is 20.7. The van der Waals surface area contributed by atoms with Gasteiger partial charge < -0.3 is 49.1 Å². The summed E-state index contributed by atoms with van der Waals surface area (Å²) in [6, 6.07) is -4.82. The molecule has 4 unspecified atom stereocenters. The van der Waals surface area contributed by atoms with E-state index < -0.39 is 66.2 Å². The first-order chi connectivity index (χ1) is 16.8. The van der Waals surface area contributed by atoms with Crippen molar-refractivity contribution in [2.24, 2.45) is 33.8 Å². The summed E-state index contributed by atoms with van der Waals surface area (Å²) >= 11 is 0. The fourth-order valence-electron chi connectivity index (χ4n) is 3.12. The zero-order chi connectivity index (χ0) is 27.8. The van der Waals surface area contributed by atoms with Crippen molar-refractivity contribution >= 4 is 35.6 Å². The normalized spacial score (nSPS) is 14.1. The average molecular weight is 517 g/mol. The summed E-state index contributed by atoms with van der Waals surface area (Å²) in [7, 11) is 0. The van der Waals surface area contributed by atoms with E-state index >= 15 is 0 Å². The van der Waals surface area contributed by atoms with Crippen LogP contribution in [0, 0.1) is 5.92 Å². The van der Waals surface area contributed by atoms with Crippen LogP contribution >= 0.6 is 0 Å². The monoisotopic (exact) mass is 516 g/mol. The number of hydrogen-bond acceptors (Lipinski definition) is 8. The Morgan fingerprint density at radius 3 is 1.94 bits per heavy atom. The molecule has 13 N–H and O–H groups in total. The molecule has 36 heavy (non-hydrogen) atoms. The lowest BCUT2D eigenvalue weighted by Crippen LogP contribution is -2.58. The lowest BCUT2D eigenvalue weighted by Gasteiger charge is -2.27. The Hall–Kier alpha value is -3.46. The number of aliphatic carboxylic acids is 2. The summed E-state index contributed by atoms with van der Waals surface area (Å²) < 4.78 is 0. The van der Waals surface area contributed by atoms with Crippen LogP contribution < -0.4 is 38.9 Å². The molecule has 0 saturated carbocycles. The summed E-state index contributed by atoms with van der Waals surface area (Å²) in [5.41, 5.74) is 21.9. The number of nitrogens with one attached hydrogen (secondary N) is 3. The van der Waals surface area contributed by atoms with Gasteiger partial charge in [0.2, 0.25) is 17.7 Å². The summed E-state index contributed by atoms with van der Waals surface area (Å²) in [6.07, 6.45) is 1.18. The smallest absolute Gasteiger partial charge is 0.326 e. The molecule has 0 fully saturated rings. The second-order valence-corrected chi connectivity index (χ2v) is 8.63. The predicted molar refractivity (Wildman–Crippen MR) is 131 cm³/mol. The Kier molecular flexibility index (Phi) is 15.4. The number of nitrogens with two attached hydrogens (primary N) is 4. The Morgan fingerprint density at radius 1 is 0.833 bits per heavy atom. The molecule has 0 heterocycles. The molecule has 0 aromatic rings. The number of hydrogen-bond donors (Lipinski definition) is 9. The molecule has 0 rings (SSSR count). The Balaban J connectivity index is 5.37. The number of amides is 3. The second-order valence-electron chi connectivity index (χ2n) is 8.63. The van der Waals surface area contributed by atoms with Gasteiger partial charge in [-0.25, -0.2) is 4.79 Å². The molecule has 15 heteroatoms. The van der Waals surface area contributed by atoms with Gasteiger partial charge in [0.25, 0.3) is 0 Å².